The molecular weight excluding hydrogens is 290 g/mol. The molecule has 2 aliphatic rings. The van der Waals surface area contributed by atoms with Crippen LogP contribution in [0.15, 0.2) is 0 Å². The van der Waals surface area contributed by atoms with E-state index in [2.05, 4.69) is 24.8 Å². The Kier molecular flexibility index (Phi) is 4.75. The van der Waals surface area contributed by atoms with Gasteiger partial charge in [-0.3, -0.25) is 0 Å². The average Bonchev–Trinajstić information content (AvgIpc) is 2.55. The van der Waals surface area contributed by atoms with Gasteiger partial charge in [-0.05, 0) is 49.6 Å². The van der Waals surface area contributed by atoms with Gasteiger partial charge < -0.3 is 14.9 Å². The molecule has 0 aromatic carbocycles. The minimum absolute atomic E-state index is 0.217. The average molecular weight is 312 g/mol. The molecule has 3 rings (SSSR count). The Balaban J connectivity index is 1.80. The maximum Gasteiger partial charge on any atom is 0.231 e. The number of aromatic nitrogens is 3. The highest BCUT2D eigenvalue weighted by Crippen LogP contribution is 2.24. The van der Waals surface area contributed by atoms with E-state index in [-0.39, 0.29) is 11.9 Å². The SMILES string of the molecule is OCC1CCCN(c2nc(Cl)nc(N3CCCCC3)n2)C1. The Bertz CT molecular complexity index is 480. The van der Waals surface area contributed by atoms with Gasteiger partial charge in [0.1, 0.15) is 0 Å². The smallest absolute Gasteiger partial charge is 0.231 e. The summed E-state index contributed by atoms with van der Waals surface area (Å²) in [6.07, 6.45) is 5.73. The zero-order valence-corrected chi connectivity index (χ0v) is 13.0. The third kappa shape index (κ3) is 3.55. The van der Waals surface area contributed by atoms with Gasteiger partial charge in [0.25, 0.3) is 0 Å². The van der Waals surface area contributed by atoms with E-state index < -0.39 is 0 Å². The maximum atomic E-state index is 9.35. The van der Waals surface area contributed by atoms with Crippen molar-refractivity contribution >= 4 is 23.5 Å². The van der Waals surface area contributed by atoms with Crippen molar-refractivity contribution in [3.8, 4) is 0 Å². The van der Waals surface area contributed by atoms with Crippen LogP contribution in [0.5, 0.6) is 0 Å². The van der Waals surface area contributed by atoms with Crippen molar-refractivity contribution < 1.29 is 5.11 Å². The number of aliphatic hydroxyl groups is 1. The molecule has 21 heavy (non-hydrogen) atoms. The highest BCUT2D eigenvalue weighted by Gasteiger charge is 2.23. The normalized spacial score (nSPS) is 23.4. The topological polar surface area (TPSA) is 65.4 Å². The number of anilines is 2. The molecule has 0 spiro atoms. The second-order valence-electron chi connectivity index (χ2n) is 5.89. The summed E-state index contributed by atoms with van der Waals surface area (Å²) in [4.78, 5) is 17.5. The van der Waals surface area contributed by atoms with Crippen molar-refractivity contribution in [2.24, 2.45) is 5.92 Å². The Hall–Kier alpha value is -1.14. The van der Waals surface area contributed by atoms with Crippen molar-refractivity contribution in [3.63, 3.8) is 0 Å². The maximum absolute atomic E-state index is 9.35. The molecule has 1 unspecified atom stereocenters. The molecule has 2 aliphatic heterocycles. The number of piperidine rings is 2. The van der Waals surface area contributed by atoms with Gasteiger partial charge in [-0.1, -0.05) is 0 Å². The van der Waals surface area contributed by atoms with E-state index in [4.69, 9.17) is 11.6 Å². The van der Waals surface area contributed by atoms with Gasteiger partial charge >= 0.3 is 0 Å². The second-order valence-corrected chi connectivity index (χ2v) is 6.23. The molecule has 0 saturated carbocycles. The minimum Gasteiger partial charge on any atom is -0.396 e. The zero-order chi connectivity index (χ0) is 14.7. The van der Waals surface area contributed by atoms with Crippen LogP contribution in [0.4, 0.5) is 11.9 Å². The lowest BCUT2D eigenvalue weighted by Gasteiger charge is -2.33. The number of hydrogen-bond donors (Lipinski definition) is 1. The Morgan fingerprint density at radius 2 is 1.62 bits per heavy atom. The lowest BCUT2D eigenvalue weighted by atomic mass is 9.99. The van der Waals surface area contributed by atoms with Gasteiger partial charge in [0.05, 0.1) is 0 Å². The van der Waals surface area contributed by atoms with Crippen molar-refractivity contribution in [2.75, 3.05) is 42.6 Å². The lowest BCUT2D eigenvalue weighted by molar-refractivity contribution is 0.208. The van der Waals surface area contributed by atoms with Crippen LogP contribution in [0.3, 0.4) is 0 Å². The summed E-state index contributed by atoms with van der Waals surface area (Å²) >= 11 is 6.09. The zero-order valence-electron chi connectivity index (χ0n) is 12.2. The molecule has 2 fully saturated rings. The Labute approximate surface area is 130 Å². The Morgan fingerprint density at radius 1 is 0.952 bits per heavy atom. The van der Waals surface area contributed by atoms with E-state index in [0.29, 0.717) is 17.8 Å². The first-order chi connectivity index (χ1) is 10.3. The third-order valence-corrected chi connectivity index (χ3v) is 4.45. The first-order valence-corrected chi connectivity index (χ1v) is 8.16. The molecule has 6 nitrogen and oxygen atoms in total. The summed E-state index contributed by atoms with van der Waals surface area (Å²) in [5, 5.41) is 9.61. The van der Waals surface area contributed by atoms with E-state index in [1.165, 1.54) is 19.3 Å². The molecule has 1 aromatic rings. The number of rotatable bonds is 3. The largest absolute Gasteiger partial charge is 0.396 e. The fourth-order valence-corrected chi connectivity index (χ4v) is 3.25. The van der Waals surface area contributed by atoms with Crippen LogP contribution in [0.2, 0.25) is 5.28 Å². The first-order valence-electron chi connectivity index (χ1n) is 7.78. The van der Waals surface area contributed by atoms with E-state index in [9.17, 15) is 5.11 Å². The van der Waals surface area contributed by atoms with Crippen molar-refractivity contribution in [1.29, 1.82) is 0 Å². The van der Waals surface area contributed by atoms with Gasteiger partial charge in [0.2, 0.25) is 17.2 Å². The predicted octanol–water partition coefficient (Wildman–Crippen LogP) is 1.72. The summed E-state index contributed by atoms with van der Waals surface area (Å²) in [7, 11) is 0. The van der Waals surface area contributed by atoms with Crippen LogP contribution in [-0.4, -0.2) is 52.8 Å². The predicted molar refractivity (Wildman–Crippen MR) is 82.9 cm³/mol. The van der Waals surface area contributed by atoms with Crippen LogP contribution < -0.4 is 9.80 Å². The molecule has 0 aliphatic carbocycles. The van der Waals surface area contributed by atoms with E-state index >= 15 is 0 Å². The van der Waals surface area contributed by atoms with Crippen molar-refractivity contribution in [1.82, 2.24) is 15.0 Å². The van der Waals surface area contributed by atoms with Crippen LogP contribution in [0.1, 0.15) is 32.1 Å². The van der Waals surface area contributed by atoms with Gasteiger partial charge in [-0.15, -0.1) is 0 Å². The van der Waals surface area contributed by atoms with Crippen LogP contribution in [0, 0.1) is 5.92 Å². The molecule has 3 heterocycles. The van der Waals surface area contributed by atoms with Crippen LogP contribution in [0.25, 0.3) is 0 Å². The number of hydrogen-bond acceptors (Lipinski definition) is 6. The summed E-state index contributed by atoms with van der Waals surface area (Å²) < 4.78 is 0. The highest BCUT2D eigenvalue weighted by atomic mass is 35.5. The molecule has 1 atom stereocenters. The van der Waals surface area contributed by atoms with E-state index in [1.54, 1.807) is 0 Å². The molecule has 7 heteroatoms. The summed E-state index contributed by atoms with van der Waals surface area (Å²) in [6.45, 7) is 3.89. The first kappa shape index (κ1) is 14.8. The van der Waals surface area contributed by atoms with Crippen LogP contribution >= 0.6 is 11.6 Å². The summed E-state index contributed by atoms with van der Waals surface area (Å²) in [5.74, 6) is 1.64. The fraction of sp³-hybridized carbons (Fsp3) is 0.786. The summed E-state index contributed by atoms with van der Waals surface area (Å²) in [6, 6.07) is 0. The van der Waals surface area contributed by atoms with Crippen LogP contribution in [-0.2, 0) is 0 Å². The molecule has 1 aromatic heterocycles. The molecule has 116 valence electrons. The van der Waals surface area contributed by atoms with Gasteiger partial charge in [0, 0.05) is 32.8 Å². The minimum atomic E-state index is 0.217. The molecular formula is C14H22ClN5O. The van der Waals surface area contributed by atoms with E-state index in [1.807, 2.05) is 0 Å². The molecule has 0 radical (unpaired) electrons. The number of aliphatic hydroxyl groups excluding tert-OH is 1. The van der Waals surface area contributed by atoms with Crippen molar-refractivity contribution in [2.45, 2.75) is 32.1 Å². The Morgan fingerprint density at radius 3 is 2.33 bits per heavy atom. The van der Waals surface area contributed by atoms with E-state index in [0.717, 1.165) is 39.0 Å². The van der Waals surface area contributed by atoms with Gasteiger partial charge in [-0.2, -0.15) is 15.0 Å². The number of halogens is 1. The van der Waals surface area contributed by atoms with Gasteiger partial charge in [0.15, 0.2) is 0 Å². The highest BCUT2D eigenvalue weighted by molar-refractivity contribution is 6.28. The standard InChI is InChI=1S/C14H22ClN5O/c15-12-16-13(19-6-2-1-3-7-19)18-14(17-12)20-8-4-5-11(9-20)10-21/h11,21H,1-10H2. The van der Waals surface area contributed by atoms with Gasteiger partial charge in [-0.25, -0.2) is 0 Å². The molecule has 1 N–H and O–H groups in total. The summed E-state index contributed by atoms with van der Waals surface area (Å²) in [5.41, 5.74) is 0. The number of nitrogens with zero attached hydrogens (tertiary/aromatic N) is 5. The lowest BCUT2D eigenvalue weighted by Crippen LogP contribution is -2.38. The molecule has 0 amide bonds. The molecule has 0 bridgehead atoms. The third-order valence-electron chi connectivity index (χ3n) is 4.28. The quantitative estimate of drug-likeness (QED) is 0.917. The second kappa shape index (κ2) is 6.75. The van der Waals surface area contributed by atoms with Crippen molar-refractivity contribution in [3.05, 3.63) is 5.28 Å². The fourth-order valence-electron chi connectivity index (χ4n) is 3.10. The molecule has 2 saturated heterocycles. The monoisotopic (exact) mass is 311 g/mol.